The number of nitrogens with one attached hydrogen (secondary N) is 1. The summed E-state index contributed by atoms with van der Waals surface area (Å²) in [4.78, 5) is 23.1. The molecule has 5 nitrogen and oxygen atoms in total. The van der Waals surface area contributed by atoms with Gasteiger partial charge in [-0.25, -0.2) is 13.8 Å². The number of carbonyl (C=O) groups is 1. The van der Waals surface area contributed by atoms with Crippen molar-refractivity contribution in [1.82, 2.24) is 10.3 Å². The number of hydrogen-bond acceptors (Lipinski definition) is 4. The first-order valence-corrected chi connectivity index (χ1v) is 9.73. The third-order valence-corrected chi connectivity index (χ3v) is 5.69. The molecule has 2 aliphatic carbocycles. The van der Waals surface area contributed by atoms with Crippen LogP contribution < -0.4 is 5.32 Å². The molecule has 0 bridgehead atoms. The fourth-order valence-corrected chi connectivity index (χ4v) is 4.23. The summed E-state index contributed by atoms with van der Waals surface area (Å²) in [5.41, 5.74) is -1.43. The molecule has 1 heterocycles. The Bertz CT molecular complexity index is 960. The van der Waals surface area contributed by atoms with Gasteiger partial charge >= 0.3 is 6.18 Å². The fraction of sp³-hybridized carbons (Fsp3) is 0.429. The highest BCUT2D eigenvalue weighted by Gasteiger charge is 2.44. The molecule has 1 amide bonds. The van der Waals surface area contributed by atoms with Crippen LogP contribution in [0.5, 0.6) is 0 Å². The molecule has 1 fully saturated rings. The van der Waals surface area contributed by atoms with Gasteiger partial charge in [0.25, 0.3) is 5.91 Å². The number of nitrogens with zero attached hydrogens (tertiary/aromatic N) is 3. The molecule has 2 aliphatic rings. The number of halogens is 5. The Labute approximate surface area is 175 Å². The number of aliphatic imine (C=N–C) groups is 2. The molecule has 0 radical (unpaired) electrons. The predicted molar refractivity (Wildman–Crippen MR) is 106 cm³/mol. The maximum absolute atomic E-state index is 13.7. The average Bonchev–Trinajstić information content (AvgIpc) is 3.14. The minimum Gasteiger partial charge on any atom is -0.310 e. The number of alkyl halides is 3. The molecular weight excluding hydrogens is 419 g/mol. The normalized spacial score (nSPS) is 22.4. The minimum absolute atomic E-state index is 0.0149. The smallest absolute Gasteiger partial charge is 0.310 e. The lowest BCUT2D eigenvalue weighted by Crippen LogP contribution is -2.30. The third kappa shape index (κ3) is 5.05. The van der Waals surface area contributed by atoms with Gasteiger partial charge in [0.15, 0.2) is 11.6 Å². The monoisotopic (exact) mass is 440 g/mol. The van der Waals surface area contributed by atoms with E-state index in [4.69, 9.17) is 0 Å². The van der Waals surface area contributed by atoms with E-state index < -0.39 is 34.9 Å². The summed E-state index contributed by atoms with van der Waals surface area (Å²) in [5, 5.41) is 2.20. The van der Waals surface area contributed by atoms with E-state index in [0.29, 0.717) is 12.4 Å². The predicted octanol–water partition coefficient (Wildman–Crippen LogP) is 5.12. The molecule has 3 rings (SSSR count). The number of carbonyl (C=O) groups excluding carboxylic acids is 1. The zero-order valence-corrected chi connectivity index (χ0v) is 16.8. The van der Waals surface area contributed by atoms with Crippen LogP contribution in [0.25, 0.3) is 0 Å². The Kier molecular flexibility index (Phi) is 6.66. The van der Waals surface area contributed by atoms with Crippen LogP contribution in [0.2, 0.25) is 0 Å². The highest BCUT2D eigenvalue weighted by Crippen LogP contribution is 2.50. The average molecular weight is 440 g/mol. The highest BCUT2D eigenvalue weighted by molar-refractivity contribution is 6.06. The van der Waals surface area contributed by atoms with Crippen molar-refractivity contribution in [3.8, 4) is 0 Å². The number of pyridine rings is 1. The molecule has 1 N–H and O–H groups in total. The SMILES string of the molecule is C=N/C(=C\N=C(/C)NC(=O)c1c(F)cncc1F)C1=C(C(F)(F)F)CC2CCCC2C1. The molecular formula is C21H21F5N4O. The summed E-state index contributed by atoms with van der Waals surface area (Å²) in [7, 11) is 0. The van der Waals surface area contributed by atoms with Gasteiger partial charge in [-0.2, -0.15) is 13.2 Å². The summed E-state index contributed by atoms with van der Waals surface area (Å²) in [6.45, 7) is 4.70. The summed E-state index contributed by atoms with van der Waals surface area (Å²) in [5.74, 6) is -3.30. The largest absolute Gasteiger partial charge is 0.413 e. The summed E-state index contributed by atoms with van der Waals surface area (Å²) >= 11 is 0. The van der Waals surface area contributed by atoms with Gasteiger partial charge in [0.2, 0.25) is 0 Å². The molecule has 0 saturated heterocycles. The van der Waals surface area contributed by atoms with Crippen molar-refractivity contribution < 1.29 is 26.7 Å². The summed E-state index contributed by atoms with van der Waals surface area (Å²) < 4.78 is 68.3. The van der Waals surface area contributed by atoms with Crippen LogP contribution in [-0.4, -0.2) is 29.6 Å². The Morgan fingerprint density at radius 3 is 2.39 bits per heavy atom. The van der Waals surface area contributed by atoms with Crippen molar-refractivity contribution >= 4 is 18.5 Å². The van der Waals surface area contributed by atoms with Crippen LogP contribution in [0, 0.1) is 23.5 Å². The molecule has 1 aromatic rings. The first kappa shape index (κ1) is 22.8. The number of aromatic nitrogens is 1. The van der Waals surface area contributed by atoms with Gasteiger partial charge in [0.1, 0.15) is 11.4 Å². The van der Waals surface area contributed by atoms with Crippen LogP contribution in [0.1, 0.15) is 49.4 Å². The summed E-state index contributed by atoms with van der Waals surface area (Å²) in [6, 6.07) is 0. The Morgan fingerprint density at radius 2 is 1.81 bits per heavy atom. The molecule has 2 atom stereocenters. The van der Waals surface area contributed by atoms with E-state index in [9.17, 15) is 26.7 Å². The van der Waals surface area contributed by atoms with Crippen molar-refractivity contribution in [2.45, 2.75) is 45.2 Å². The fourth-order valence-electron chi connectivity index (χ4n) is 4.23. The summed E-state index contributed by atoms with van der Waals surface area (Å²) in [6.07, 6.45) is 0.695. The maximum Gasteiger partial charge on any atom is 0.413 e. The Balaban J connectivity index is 1.86. The van der Waals surface area contributed by atoms with Crippen molar-refractivity contribution in [2.75, 3.05) is 0 Å². The molecule has 10 heteroatoms. The van der Waals surface area contributed by atoms with Gasteiger partial charge in [0, 0.05) is 5.57 Å². The number of allylic oxidation sites excluding steroid dienone is 2. The Hall–Kier alpha value is -2.91. The van der Waals surface area contributed by atoms with Crippen molar-refractivity contribution in [2.24, 2.45) is 21.8 Å². The topological polar surface area (TPSA) is 66.7 Å². The van der Waals surface area contributed by atoms with E-state index in [1.54, 1.807) is 0 Å². The quantitative estimate of drug-likeness (QED) is 0.401. The van der Waals surface area contributed by atoms with Gasteiger partial charge in [-0.3, -0.25) is 14.8 Å². The molecule has 2 unspecified atom stereocenters. The minimum atomic E-state index is -4.49. The van der Waals surface area contributed by atoms with E-state index in [0.717, 1.165) is 25.5 Å². The number of rotatable bonds is 4. The molecule has 31 heavy (non-hydrogen) atoms. The van der Waals surface area contributed by atoms with Gasteiger partial charge in [-0.05, 0) is 56.7 Å². The first-order chi connectivity index (χ1) is 14.6. The van der Waals surface area contributed by atoms with E-state index >= 15 is 0 Å². The van der Waals surface area contributed by atoms with Gasteiger partial charge < -0.3 is 5.32 Å². The highest BCUT2D eigenvalue weighted by atomic mass is 19.4. The van der Waals surface area contributed by atoms with Crippen LogP contribution in [-0.2, 0) is 0 Å². The van der Waals surface area contributed by atoms with E-state index in [1.165, 1.54) is 6.92 Å². The Morgan fingerprint density at radius 1 is 1.19 bits per heavy atom. The number of hydrogen-bond donors (Lipinski definition) is 1. The standard InChI is InChI=1S/C21H21F5N4O/c1-11(30-20(31)19-16(22)8-28-9-17(19)23)29-10-18(27-2)14-6-12-4-3-5-13(12)7-15(14)21(24,25)26/h8-10,12-13H,2-7H2,1H3,(H,29,30,31)/b18-10-. The number of amides is 1. The zero-order chi connectivity index (χ0) is 22.8. The van der Waals surface area contributed by atoms with Crippen LogP contribution in [0.3, 0.4) is 0 Å². The second-order valence-corrected chi connectivity index (χ2v) is 7.63. The third-order valence-electron chi connectivity index (χ3n) is 5.69. The van der Waals surface area contributed by atoms with Crippen LogP contribution in [0.15, 0.2) is 45.4 Å². The van der Waals surface area contributed by atoms with Gasteiger partial charge in [-0.15, -0.1) is 0 Å². The number of amidine groups is 1. The molecule has 166 valence electrons. The molecule has 0 aromatic carbocycles. The molecule has 0 spiro atoms. The molecule has 1 aromatic heterocycles. The van der Waals surface area contributed by atoms with Crippen molar-refractivity contribution in [1.29, 1.82) is 0 Å². The van der Waals surface area contributed by atoms with Crippen molar-refractivity contribution in [3.63, 3.8) is 0 Å². The second kappa shape index (κ2) is 9.07. The molecule has 0 aliphatic heterocycles. The lowest BCUT2D eigenvalue weighted by Gasteiger charge is -2.31. The van der Waals surface area contributed by atoms with Gasteiger partial charge in [0.05, 0.1) is 24.3 Å². The van der Waals surface area contributed by atoms with Crippen LogP contribution in [0.4, 0.5) is 22.0 Å². The molecule has 1 saturated carbocycles. The number of fused-ring (bicyclic) bond motifs is 1. The lowest BCUT2D eigenvalue weighted by molar-refractivity contribution is -0.0979. The first-order valence-electron chi connectivity index (χ1n) is 9.73. The maximum atomic E-state index is 13.7. The second-order valence-electron chi connectivity index (χ2n) is 7.63. The van der Waals surface area contributed by atoms with Crippen LogP contribution >= 0.6 is 0 Å². The van der Waals surface area contributed by atoms with Gasteiger partial charge in [-0.1, -0.05) is 6.42 Å². The van der Waals surface area contributed by atoms with E-state index in [-0.39, 0.29) is 41.8 Å². The van der Waals surface area contributed by atoms with E-state index in [2.05, 4.69) is 27.0 Å². The zero-order valence-electron chi connectivity index (χ0n) is 16.8. The lowest BCUT2D eigenvalue weighted by atomic mass is 9.76. The van der Waals surface area contributed by atoms with E-state index in [1.807, 2.05) is 0 Å². The van der Waals surface area contributed by atoms with Crippen molar-refractivity contribution in [3.05, 3.63) is 52.6 Å².